The van der Waals surface area contributed by atoms with Gasteiger partial charge in [0.1, 0.15) is 11.4 Å². The van der Waals surface area contributed by atoms with E-state index in [4.69, 9.17) is 4.11 Å². The van der Waals surface area contributed by atoms with Crippen LogP contribution in [-0.2, 0) is 10.3 Å². The molecule has 11 heteroatoms. The van der Waals surface area contributed by atoms with Gasteiger partial charge in [0.15, 0.2) is 17.3 Å². The molecule has 2 aromatic heterocycles. The van der Waals surface area contributed by atoms with Crippen molar-refractivity contribution in [1.82, 2.24) is 30.3 Å². The lowest BCUT2D eigenvalue weighted by atomic mass is 10.1. The fourth-order valence-electron chi connectivity index (χ4n) is 4.58. The van der Waals surface area contributed by atoms with E-state index in [1.54, 1.807) is 0 Å². The first-order valence-corrected chi connectivity index (χ1v) is 11.2. The highest BCUT2D eigenvalue weighted by atomic mass is 16.2. The Morgan fingerprint density at radius 3 is 2.76 bits per heavy atom. The Labute approximate surface area is 200 Å². The molecule has 2 saturated carbocycles. The van der Waals surface area contributed by atoms with Crippen LogP contribution in [0.3, 0.4) is 0 Å². The average Bonchev–Trinajstić information content (AvgIpc) is 3.75. The van der Waals surface area contributed by atoms with Crippen LogP contribution < -0.4 is 20.9 Å². The van der Waals surface area contributed by atoms with Crippen molar-refractivity contribution in [2.45, 2.75) is 38.1 Å². The van der Waals surface area contributed by atoms with Gasteiger partial charge in [0.2, 0.25) is 5.91 Å². The maximum Gasteiger partial charge on any atom is 0.273 e. The molecule has 0 radical (unpaired) electrons. The molecule has 11 nitrogen and oxygen atoms in total. The minimum absolute atomic E-state index is 0.0541. The number of anilines is 4. The van der Waals surface area contributed by atoms with Gasteiger partial charge in [0.05, 0.1) is 22.7 Å². The van der Waals surface area contributed by atoms with Crippen LogP contribution in [0.2, 0.25) is 0 Å². The lowest BCUT2D eigenvalue weighted by Crippen LogP contribution is -2.39. The summed E-state index contributed by atoms with van der Waals surface area (Å²) in [5.41, 5.74) is 2.04. The SMILES string of the molecule is [2H]C([2H])([2H])NC(=O)c1nnc(NC(=O)C2CC2)cc1Nc1cccc2c1N(C)C1(CC1)c1nc(C)nn1-2. The van der Waals surface area contributed by atoms with Crippen LogP contribution in [0.5, 0.6) is 0 Å². The molecular weight excluding hydrogens is 434 g/mol. The fraction of sp³-hybridized carbons (Fsp3) is 0.391. The molecule has 1 spiro atoms. The number of rotatable bonds is 5. The number of para-hydroxylation sites is 1. The first kappa shape index (κ1) is 17.5. The molecule has 3 N–H and O–H groups in total. The van der Waals surface area contributed by atoms with E-state index in [1.165, 1.54) is 6.07 Å². The van der Waals surface area contributed by atoms with Crippen molar-refractivity contribution >= 4 is 34.7 Å². The molecular formula is C23H25N9O2. The fourth-order valence-corrected chi connectivity index (χ4v) is 4.58. The summed E-state index contributed by atoms with van der Waals surface area (Å²) < 4.78 is 24.1. The number of nitrogens with zero attached hydrogens (tertiary/aromatic N) is 6. The minimum Gasteiger partial charge on any atom is -0.358 e. The Morgan fingerprint density at radius 2 is 2.03 bits per heavy atom. The number of fused-ring (bicyclic) bond motifs is 4. The Kier molecular flexibility index (Phi) is 3.72. The molecule has 34 heavy (non-hydrogen) atoms. The number of aryl methyl sites for hydroxylation is 1. The van der Waals surface area contributed by atoms with Crippen molar-refractivity contribution in [2.75, 3.05) is 29.6 Å². The van der Waals surface area contributed by atoms with Gasteiger partial charge in [-0.05, 0) is 44.7 Å². The van der Waals surface area contributed by atoms with Crippen molar-refractivity contribution < 1.29 is 13.7 Å². The first-order valence-electron chi connectivity index (χ1n) is 12.7. The van der Waals surface area contributed by atoms with Gasteiger partial charge in [-0.1, -0.05) is 6.07 Å². The molecule has 2 amide bonds. The highest BCUT2D eigenvalue weighted by Crippen LogP contribution is 2.57. The third kappa shape index (κ3) is 3.11. The molecule has 0 saturated heterocycles. The van der Waals surface area contributed by atoms with E-state index in [-0.39, 0.29) is 34.6 Å². The van der Waals surface area contributed by atoms with Crippen LogP contribution in [0.4, 0.5) is 22.9 Å². The summed E-state index contributed by atoms with van der Waals surface area (Å²) in [7, 11) is 2.00. The summed E-state index contributed by atoms with van der Waals surface area (Å²) in [6.07, 6.45) is 3.49. The number of benzene rings is 1. The Bertz CT molecular complexity index is 1440. The van der Waals surface area contributed by atoms with E-state index in [2.05, 4.69) is 35.8 Å². The van der Waals surface area contributed by atoms with Crippen LogP contribution in [-0.4, -0.2) is 50.8 Å². The highest BCUT2D eigenvalue weighted by molar-refractivity contribution is 6.00. The summed E-state index contributed by atoms with van der Waals surface area (Å²) in [6, 6.07) is 7.14. The van der Waals surface area contributed by atoms with Gasteiger partial charge in [0, 0.05) is 30.1 Å². The van der Waals surface area contributed by atoms with Crippen LogP contribution in [0.15, 0.2) is 24.3 Å². The predicted octanol–water partition coefficient (Wildman–Crippen LogP) is 2.26. The van der Waals surface area contributed by atoms with Crippen LogP contribution in [0, 0.1) is 12.8 Å². The van der Waals surface area contributed by atoms with Gasteiger partial charge >= 0.3 is 0 Å². The third-order valence-electron chi connectivity index (χ3n) is 6.66. The monoisotopic (exact) mass is 462 g/mol. The highest BCUT2D eigenvalue weighted by Gasteiger charge is 2.55. The van der Waals surface area contributed by atoms with Gasteiger partial charge in [-0.25, -0.2) is 9.67 Å². The molecule has 0 bridgehead atoms. The topological polar surface area (TPSA) is 130 Å². The van der Waals surface area contributed by atoms with E-state index >= 15 is 0 Å². The number of carbonyl (C=O) groups is 2. The average molecular weight is 463 g/mol. The molecule has 1 aliphatic heterocycles. The summed E-state index contributed by atoms with van der Waals surface area (Å²) in [5.74, 6) is 0.601. The van der Waals surface area contributed by atoms with Crippen molar-refractivity contribution in [3.63, 3.8) is 0 Å². The zero-order valence-corrected chi connectivity index (χ0v) is 18.7. The largest absolute Gasteiger partial charge is 0.358 e. The molecule has 3 aromatic rings. The molecule has 6 rings (SSSR count). The summed E-state index contributed by atoms with van der Waals surface area (Å²) in [6.45, 7) is -0.847. The molecule has 0 unspecified atom stereocenters. The van der Waals surface area contributed by atoms with E-state index in [0.29, 0.717) is 11.5 Å². The molecule has 3 aliphatic rings. The number of aromatic nitrogens is 5. The van der Waals surface area contributed by atoms with E-state index in [9.17, 15) is 9.59 Å². The zero-order chi connectivity index (χ0) is 26.1. The van der Waals surface area contributed by atoms with Gasteiger partial charge in [0.25, 0.3) is 5.91 Å². The van der Waals surface area contributed by atoms with Crippen molar-refractivity contribution in [3.8, 4) is 5.69 Å². The minimum atomic E-state index is -2.71. The molecule has 2 aliphatic carbocycles. The number of hydrogen-bond donors (Lipinski definition) is 3. The molecule has 174 valence electrons. The predicted molar refractivity (Wildman–Crippen MR) is 125 cm³/mol. The lowest BCUT2D eigenvalue weighted by Gasteiger charge is -2.37. The van der Waals surface area contributed by atoms with Crippen LogP contribution in [0.1, 0.15) is 51.9 Å². The number of carbonyl (C=O) groups excluding carboxylic acids is 2. The second-order valence-electron chi connectivity index (χ2n) is 8.99. The Balaban J connectivity index is 1.42. The number of nitrogens with one attached hydrogen (secondary N) is 3. The Morgan fingerprint density at radius 1 is 1.21 bits per heavy atom. The summed E-state index contributed by atoms with van der Waals surface area (Å²) in [4.78, 5) is 32.0. The van der Waals surface area contributed by atoms with E-state index < -0.39 is 12.9 Å². The maximum absolute atomic E-state index is 12.8. The quantitative estimate of drug-likeness (QED) is 0.526. The van der Waals surface area contributed by atoms with Gasteiger partial charge in [-0.2, -0.15) is 5.10 Å². The molecule has 0 atom stereocenters. The van der Waals surface area contributed by atoms with Crippen LogP contribution in [0.25, 0.3) is 5.69 Å². The number of amides is 2. The Hall–Kier alpha value is -4.02. The van der Waals surface area contributed by atoms with Gasteiger partial charge in [-0.15, -0.1) is 10.2 Å². The smallest absolute Gasteiger partial charge is 0.273 e. The second kappa shape index (κ2) is 7.24. The molecule has 1 aromatic carbocycles. The summed E-state index contributed by atoms with van der Waals surface area (Å²) in [5, 5.41) is 20.5. The van der Waals surface area contributed by atoms with Crippen LogP contribution >= 0.6 is 0 Å². The maximum atomic E-state index is 12.8. The molecule has 2 fully saturated rings. The normalized spacial score (nSPS) is 18.8. The van der Waals surface area contributed by atoms with Crippen molar-refractivity contribution in [2.24, 2.45) is 5.92 Å². The van der Waals surface area contributed by atoms with Crippen molar-refractivity contribution in [3.05, 3.63) is 41.6 Å². The first-order chi connectivity index (χ1) is 17.6. The second-order valence-corrected chi connectivity index (χ2v) is 8.99. The number of hydrogen-bond acceptors (Lipinski definition) is 8. The van der Waals surface area contributed by atoms with E-state index in [0.717, 1.165) is 42.9 Å². The van der Waals surface area contributed by atoms with Gasteiger partial charge < -0.3 is 20.9 Å². The molecule has 3 heterocycles. The van der Waals surface area contributed by atoms with E-state index in [1.807, 2.05) is 42.2 Å². The third-order valence-corrected chi connectivity index (χ3v) is 6.66. The van der Waals surface area contributed by atoms with Gasteiger partial charge in [-0.3, -0.25) is 9.59 Å². The standard InChI is InChI=1S/C23H25N9O2/c1-12-25-22-23(9-10-23)31(3)19-14(5-4-6-16(19)32(22)30-12)26-15-11-17(27-20(33)13-7-8-13)28-29-18(15)21(34)24-2/h4-6,11,13H,7-10H2,1-3H3,(H,24,34)(H2,26,27,28,33)/i2D3. The zero-order valence-electron chi connectivity index (χ0n) is 21.7. The van der Waals surface area contributed by atoms with Crippen molar-refractivity contribution in [1.29, 1.82) is 0 Å². The summed E-state index contributed by atoms with van der Waals surface area (Å²) >= 11 is 0. The lowest BCUT2D eigenvalue weighted by molar-refractivity contribution is -0.117.